The van der Waals surface area contributed by atoms with Crippen molar-refractivity contribution in [2.24, 2.45) is 0 Å². The molecule has 1 aliphatic heterocycles. The number of benzene rings is 1. The van der Waals surface area contributed by atoms with Crippen molar-refractivity contribution in [3.05, 3.63) is 34.3 Å². The summed E-state index contributed by atoms with van der Waals surface area (Å²) in [6.07, 6.45) is 1.87. The van der Waals surface area contributed by atoms with Crippen LogP contribution in [0.1, 0.15) is 23.2 Å². The highest BCUT2D eigenvalue weighted by atomic mass is 79.9. The lowest BCUT2D eigenvalue weighted by molar-refractivity contribution is 0.0963. The van der Waals surface area contributed by atoms with Crippen molar-refractivity contribution in [1.29, 1.82) is 0 Å². The predicted molar refractivity (Wildman–Crippen MR) is 81.4 cm³/mol. The van der Waals surface area contributed by atoms with E-state index in [4.69, 9.17) is 0 Å². The summed E-state index contributed by atoms with van der Waals surface area (Å²) in [5.41, 5.74) is 0.812. The van der Waals surface area contributed by atoms with Crippen LogP contribution in [0.5, 0.6) is 0 Å². The molecular formula is C14H18BrNOS. The van der Waals surface area contributed by atoms with E-state index in [-0.39, 0.29) is 5.78 Å². The summed E-state index contributed by atoms with van der Waals surface area (Å²) in [6, 6.07) is 8.28. The Balaban J connectivity index is 1.82. The molecule has 0 amide bonds. The van der Waals surface area contributed by atoms with Gasteiger partial charge in [-0.1, -0.05) is 28.1 Å². The van der Waals surface area contributed by atoms with Gasteiger partial charge in [-0.05, 0) is 31.4 Å². The average Bonchev–Trinajstić information content (AvgIpc) is 2.90. The number of hydrogen-bond acceptors (Lipinski definition) is 3. The molecule has 2 nitrogen and oxygen atoms in total. The molecule has 4 heteroatoms. The highest BCUT2D eigenvalue weighted by Gasteiger charge is 2.20. The lowest BCUT2D eigenvalue weighted by Crippen LogP contribution is -2.33. The minimum Gasteiger partial charge on any atom is -0.302 e. The molecule has 2 rings (SSSR count). The van der Waals surface area contributed by atoms with Crippen LogP contribution in [0, 0.1) is 0 Å². The normalized spacial score (nSPS) is 19.4. The van der Waals surface area contributed by atoms with Gasteiger partial charge in [0.1, 0.15) is 0 Å². The molecule has 1 atom stereocenters. The Hall–Kier alpha value is -0.320. The van der Waals surface area contributed by atoms with E-state index in [0.717, 1.165) is 16.6 Å². The molecule has 1 fully saturated rings. The minimum absolute atomic E-state index is 0.236. The van der Waals surface area contributed by atoms with Gasteiger partial charge >= 0.3 is 0 Å². The van der Waals surface area contributed by atoms with Crippen molar-refractivity contribution in [2.75, 3.05) is 25.1 Å². The van der Waals surface area contributed by atoms with Crippen LogP contribution in [0.25, 0.3) is 0 Å². The Morgan fingerprint density at radius 1 is 1.44 bits per heavy atom. The number of halogens is 1. The highest BCUT2D eigenvalue weighted by Crippen LogP contribution is 2.21. The molecule has 1 aromatic carbocycles. The van der Waals surface area contributed by atoms with Crippen LogP contribution < -0.4 is 0 Å². The van der Waals surface area contributed by atoms with Crippen LogP contribution in [0.3, 0.4) is 0 Å². The highest BCUT2D eigenvalue weighted by molar-refractivity contribution is 9.10. The summed E-state index contributed by atoms with van der Waals surface area (Å²) in [7, 11) is 2.13. The maximum Gasteiger partial charge on any atom is 0.164 e. The molecule has 0 spiro atoms. The van der Waals surface area contributed by atoms with Gasteiger partial charge in [-0.2, -0.15) is 11.8 Å². The molecule has 1 aromatic rings. The van der Waals surface area contributed by atoms with Gasteiger partial charge in [0.15, 0.2) is 5.78 Å². The number of carbonyl (C=O) groups excluding carboxylic acids is 1. The number of rotatable bonds is 5. The fourth-order valence-electron chi connectivity index (χ4n) is 2.11. The molecule has 0 radical (unpaired) electrons. The van der Waals surface area contributed by atoms with Gasteiger partial charge in [0.25, 0.3) is 0 Å². The molecule has 1 aliphatic rings. The molecule has 0 N–H and O–H groups in total. The Kier molecular flexibility index (Phi) is 5.27. The zero-order valence-corrected chi connectivity index (χ0v) is 13.0. The molecule has 0 bridgehead atoms. The number of nitrogens with zero attached hydrogens (tertiary/aromatic N) is 1. The number of Topliss-reactive ketones (excluding diaryl/α,β-unsaturated/α-hetero) is 1. The second-order valence-electron chi connectivity index (χ2n) is 4.68. The van der Waals surface area contributed by atoms with E-state index < -0.39 is 0 Å². The first-order chi connectivity index (χ1) is 8.66. The number of carbonyl (C=O) groups is 1. The molecule has 1 unspecified atom stereocenters. The van der Waals surface area contributed by atoms with Gasteiger partial charge in [-0.3, -0.25) is 4.79 Å². The van der Waals surface area contributed by atoms with Crippen molar-refractivity contribution in [1.82, 2.24) is 4.90 Å². The maximum atomic E-state index is 12.0. The smallest absolute Gasteiger partial charge is 0.164 e. The number of thioether (sulfide) groups is 1. The van der Waals surface area contributed by atoms with Crippen LogP contribution in [0.15, 0.2) is 28.7 Å². The van der Waals surface area contributed by atoms with Crippen LogP contribution in [-0.2, 0) is 0 Å². The first-order valence-corrected chi connectivity index (χ1v) is 8.18. The van der Waals surface area contributed by atoms with Gasteiger partial charge in [-0.15, -0.1) is 0 Å². The molecule has 18 heavy (non-hydrogen) atoms. The first-order valence-electron chi connectivity index (χ1n) is 6.23. The van der Waals surface area contributed by atoms with E-state index in [1.807, 2.05) is 36.0 Å². The largest absolute Gasteiger partial charge is 0.302 e. The van der Waals surface area contributed by atoms with Crippen molar-refractivity contribution in [3.63, 3.8) is 0 Å². The summed E-state index contributed by atoms with van der Waals surface area (Å²) >= 11 is 5.39. The van der Waals surface area contributed by atoms with Gasteiger partial charge in [0.2, 0.25) is 0 Å². The van der Waals surface area contributed by atoms with Crippen molar-refractivity contribution >= 4 is 33.5 Å². The zero-order valence-electron chi connectivity index (χ0n) is 10.6. The fourth-order valence-corrected chi connectivity index (χ4v) is 3.67. The molecule has 98 valence electrons. The Bertz CT molecular complexity index is 401. The van der Waals surface area contributed by atoms with Gasteiger partial charge in [0.05, 0.1) is 0 Å². The molecule has 0 aliphatic carbocycles. The summed E-state index contributed by atoms with van der Waals surface area (Å²) in [5.74, 6) is 2.71. The second kappa shape index (κ2) is 6.73. The van der Waals surface area contributed by atoms with Gasteiger partial charge in [0, 0.05) is 34.8 Å². The van der Waals surface area contributed by atoms with Gasteiger partial charge in [-0.25, -0.2) is 0 Å². The van der Waals surface area contributed by atoms with Crippen LogP contribution in [0.2, 0.25) is 0 Å². The minimum atomic E-state index is 0.236. The third-order valence-corrected chi connectivity index (χ3v) is 5.06. The quantitative estimate of drug-likeness (QED) is 0.772. The lowest BCUT2D eigenvalue weighted by atomic mass is 10.1. The molecule has 0 aromatic heterocycles. The Labute approximate surface area is 121 Å². The third kappa shape index (κ3) is 3.84. The monoisotopic (exact) mass is 327 g/mol. The van der Waals surface area contributed by atoms with E-state index in [1.165, 1.54) is 17.9 Å². The Morgan fingerprint density at radius 3 is 2.78 bits per heavy atom. The topological polar surface area (TPSA) is 20.3 Å². The van der Waals surface area contributed by atoms with Gasteiger partial charge < -0.3 is 4.90 Å². The van der Waals surface area contributed by atoms with Crippen LogP contribution in [-0.4, -0.2) is 41.8 Å². The zero-order chi connectivity index (χ0) is 13.0. The molecule has 1 heterocycles. The molecule has 0 saturated carbocycles. The average molecular weight is 328 g/mol. The first kappa shape index (κ1) is 14.1. The number of hydrogen-bond donors (Lipinski definition) is 0. The van der Waals surface area contributed by atoms with E-state index in [1.54, 1.807) is 0 Å². The van der Waals surface area contributed by atoms with Crippen molar-refractivity contribution in [2.45, 2.75) is 18.9 Å². The van der Waals surface area contributed by atoms with E-state index >= 15 is 0 Å². The van der Waals surface area contributed by atoms with E-state index in [2.05, 4.69) is 27.9 Å². The standard InChI is InChI=1S/C14H18BrNOS/c1-16(13-7-9-18-10-13)8-6-14(17)11-2-4-12(15)5-3-11/h2-5,13H,6-10H2,1H3. The van der Waals surface area contributed by atoms with Crippen molar-refractivity contribution in [3.8, 4) is 0 Å². The van der Waals surface area contributed by atoms with Crippen LogP contribution in [0.4, 0.5) is 0 Å². The Morgan fingerprint density at radius 2 is 2.17 bits per heavy atom. The maximum absolute atomic E-state index is 12.0. The number of ketones is 1. The summed E-state index contributed by atoms with van der Waals surface area (Å²) in [4.78, 5) is 14.4. The lowest BCUT2D eigenvalue weighted by Gasteiger charge is -2.22. The SMILES string of the molecule is CN(CCC(=O)c1ccc(Br)cc1)C1CCSC1. The van der Waals surface area contributed by atoms with Crippen LogP contribution >= 0.6 is 27.7 Å². The predicted octanol–water partition coefficient (Wildman–Crippen LogP) is 3.46. The molecular weight excluding hydrogens is 310 g/mol. The summed E-state index contributed by atoms with van der Waals surface area (Å²) in [6.45, 7) is 0.861. The third-order valence-electron chi connectivity index (χ3n) is 3.39. The van der Waals surface area contributed by atoms with E-state index in [9.17, 15) is 4.79 Å². The second-order valence-corrected chi connectivity index (χ2v) is 6.74. The van der Waals surface area contributed by atoms with E-state index in [0.29, 0.717) is 12.5 Å². The molecule has 1 saturated heterocycles. The fraction of sp³-hybridized carbons (Fsp3) is 0.500. The van der Waals surface area contributed by atoms with Crippen molar-refractivity contribution < 1.29 is 4.79 Å². The summed E-state index contributed by atoms with van der Waals surface area (Å²) < 4.78 is 1.01. The summed E-state index contributed by atoms with van der Waals surface area (Å²) in [5, 5.41) is 0.